The second kappa shape index (κ2) is 7.79. The lowest BCUT2D eigenvalue weighted by molar-refractivity contribution is -0.111. The fraction of sp³-hybridized carbons (Fsp3) is 0.100. The van der Waals surface area contributed by atoms with E-state index in [4.69, 9.17) is 5.14 Å². The zero-order valence-electron chi connectivity index (χ0n) is 15.5. The zero-order chi connectivity index (χ0) is 20.3. The van der Waals surface area contributed by atoms with Gasteiger partial charge >= 0.3 is 0 Å². The van der Waals surface area contributed by atoms with Crippen molar-refractivity contribution in [2.75, 3.05) is 5.32 Å². The second-order valence-electron chi connectivity index (χ2n) is 6.33. The van der Waals surface area contributed by atoms with Gasteiger partial charge in [-0.15, -0.1) is 0 Å². The van der Waals surface area contributed by atoms with Crippen LogP contribution in [0.3, 0.4) is 0 Å². The summed E-state index contributed by atoms with van der Waals surface area (Å²) < 4.78 is 24.9. The lowest BCUT2D eigenvalue weighted by Crippen LogP contribution is -2.15. The average molecular weight is 396 g/mol. The summed E-state index contributed by atoms with van der Waals surface area (Å²) in [5.74, 6) is -0.387. The zero-order valence-corrected chi connectivity index (χ0v) is 16.3. The smallest absolute Gasteiger partial charge is 0.248 e. The molecule has 1 aromatic heterocycles. The van der Waals surface area contributed by atoms with Crippen LogP contribution in [-0.4, -0.2) is 24.1 Å². The normalized spacial score (nSPS) is 11.7. The van der Waals surface area contributed by atoms with Gasteiger partial charge in [0, 0.05) is 23.5 Å². The average Bonchev–Trinajstić information content (AvgIpc) is 3.12. The highest BCUT2D eigenvalue weighted by molar-refractivity contribution is 7.89. The lowest BCUT2D eigenvalue weighted by atomic mass is 10.1. The molecular formula is C20H20N4O3S. The third-order valence-electron chi connectivity index (χ3n) is 4.28. The first-order chi connectivity index (χ1) is 13.2. The first-order valence-corrected chi connectivity index (χ1v) is 10.0. The maximum atomic E-state index is 12.3. The number of aryl methyl sites for hydroxylation is 1. The molecular weight excluding hydrogens is 376 g/mol. The number of benzene rings is 2. The first kappa shape index (κ1) is 19.5. The number of primary sulfonamides is 1. The van der Waals surface area contributed by atoms with Gasteiger partial charge < -0.3 is 5.32 Å². The van der Waals surface area contributed by atoms with Gasteiger partial charge in [0.05, 0.1) is 16.8 Å². The SMILES string of the molecule is Cc1cc(S(N)(=O)=O)cc(NC(=O)/C=C/c2cnn(-c3ccccc3)c2)c1C. The highest BCUT2D eigenvalue weighted by atomic mass is 32.2. The first-order valence-electron chi connectivity index (χ1n) is 8.47. The monoisotopic (exact) mass is 396 g/mol. The lowest BCUT2D eigenvalue weighted by Gasteiger charge is -2.11. The van der Waals surface area contributed by atoms with E-state index in [0.29, 0.717) is 5.69 Å². The summed E-state index contributed by atoms with van der Waals surface area (Å²) in [5.41, 5.74) is 3.56. The van der Waals surface area contributed by atoms with Crippen molar-refractivity contribution >= 4 is 27.7 Å². The van der Waals surface area contributed by atoms with Crippen molar-refractivity contribution in [1.82, 2.24) is 9.78 Å². The minimum Gasteiger partial charge on any atom is -0.322 e. The standard InChI is InChI=1S/C20H20N4O3S/c1-14-10-18(28(21,26)27)11-19(15(14)2)23-20(25)9-8-16-12-22-24(13-16)17-6-4-3-5-7-17/h3-13H,1-2H3,(H,23,25)(H2,21,26,27)/b9-8+. The van der Waals surface area contributed by atoms with E-state index >= 15 is 0 Å². The second-order valence-corrected chi connectivity index (χ2v) is 7.90. The Morgan fingerprint density at radius 2 is 1.89 bits per heavy atom. The highest BCUT2D eigenvalue weighted by Crippen LogP contribution is 2.23. The predicted molar refractivity (Wildman–Crippen MR) is 109 cm³/mol. The van der Waals surface area contributed by atoms with E-state index in [1.807, 2.05) is 30.3 Å². The minimum atomic E-state index is -3.86. The fourth-order valence-electron chi connectivity index (χ4n) is 2.61. The molecule has 0 bridgehead atoms. The number of rotatable bonds is 5. The van der Waals surface area contributed by atoms with Gasteiger partial charge in [0.25, 0.3) is 0 Å². The Morgan fingerprint density at radius 1 is 1.18 bits per heavy atom. The number of sulfonamides is 1. The molecule has 144 valence electrons. The fourth-order valence-corrected chi connectivity index (χ4v) is 3.23. The van der Waals surface area contributed by atoms with Crippen molar-refractivity contribution in [2.45, 2.75) is 18.7 Å². The van der Waals surface area contributed by atoms with Crippen molar-refractivity contribution in [3.63, 3.8) is 0 Å². The van der Waals surface area contributed by atoms with E-state index in [0.717, 1.165) is 22.4 Å². The molecule has 0 fully saturated rings. The van der Waals surface area contributed by atoms with Gasteiger partial charge in [0.1, 0.15) is 0 Å². The van der Waals surface area contributed by atoms with Crippen molar-refractivity contribution in [3.05, 3.63) is 77.6 Å². The number of aromatic nitrogens is 2. The van der Waals surface area contributed by atoms with Crippen molar-refractivity contribution in [1.29, 1.82) is 0 Å². The van der Waals surface area contributed by atoms with E-state index < -0.39 is 10.0 Å². The van der Waals surface area contributed by atoms with Gasteiger partial charge in [0.2, 0.25) is 15.9 Å². The topological polar surface area (TPSA) is 107 Å². The Bertz CT molecular complexity index is 1150. The number of para-hydroxylation sites is 1. The molecule has 0 radical (unpaired) electrons. The number of amides is 1. The molecule has 0 saturated heterocycles. The minimum absolute atomic E-state index is 0.0426. The summed E-state index contributed by atoms with van der Waals surface area (Å²) >= 11 is 0. The van der Waals surface area contributed by atoms with Gasteiger partial charge in [-0.25, -0.2) is 18.2 Å². The number of nitrogens with zero attached hydrogens (tertiary/aromatic N) is 2. The molecule has 0 saturated carbocycles. The summed E-state index contributed by atoms with van der Waals surface area (Å²) in [6.45, 7) is 3.55. The quantitative estimate of drug-likeness (QED) is 0.647. The van der Waals surface area contributed by atoms with Crippen LogP contribution < -0.4 is 10.5 Å². The molecule has 0 aliphatic heterocycles. The van der Waals surface area contributed by atoms with Gasteiger partial charge in [-0.3, -0.25) is 4.79 Å². The maximum Gasteiger partial charge on any atom is 0.248 e. The van der Waals surface area contributed by atoms with Gasteiger partial charge in [-0.2, -0.15) is 5.10 Å². The molecule has 0 aliphatic rings. The molecule has 0 atom stereocenters. The molecule has 0 spiro atoms. The largest absolute Gasteiger partial charge is 0.322 e. The molecule has 2 aromatic carbocycles. The summed E-state index contributed by atoms with van der Waals surface area (Å²) in [6, 6.07) is 12.4. The van der Waals surface area contributed by atoms with E-state index in [-0.39, 0.29) is 10.8 Å². The van der Waals surface area contributed by atoms with Crippen molar-refractivity contribution in [2.24, 2.45) is 5.14 Å². The van der Waals surface area contributed by atoms with Gasteiger partial charge in [0.15, 0.2) is 0 Å². The van der Waals surface area contributed by atoms with Crippen molar-refractivity contribution < 1.29 is 13.2 Å². The molecule has 7 nitrogen and oxygen atoms in total. The molecule has 3 rings (SSSR count). The van der Waals surface area contributed by atoms with Crippen LogP contribution in [0.1, 0.15) is 16.7 Å². The van der Waals surface area contributed by atoms with Crippen LogP contribution in [0.15, 0.2) is 65.8 Å². The number of hydrogen-bond donors (Lipinski definition) is 2. The Kier molecular flexibility index (Phi) is 5.43. The Labute approximate surface area is 163 Å². The number of carbonyl (C=O) groups is 1. The molecule has 8 heteroatoms. The molecule has 28 heavy (non-hydrogen) atoms. The summed E-state index contributed by atoms with van der Waals surface area (Å²) in [6.07, 6.45) is 6.45. The maximum absolute atomic E-state index is 12.3. The van der Waals surface area contributed by atoms with Gasteiger partial charge in [-0.1, -0.05) is 18.2 Å². The third-order valence-corrected chi connectivity index (χ3v) is 5.17. The van der Waals surface area contributed by atoms with E-state index in [1.54, 1.807) is 37.0 Å². The number of nitrogens with one attached hydrogen (secondary N) is 1. The van der Waals surface area contributed by atoms with Crippen LogP contribution in [0.25, 0.3) is 11.8 Å². The molecule has 0 aliphatic carbocycles. The molecule has 3 N–H and O–H groups in total. The Morgan fingerprint density at radius 3 is 2.57 bits per heavy atom. The Balaban J connectivity index is 1.76. The molecule has 1 amide bonds. The highest BCUT2D eigenvalue weighted by Gasteiger charge is 2.13. The summed E-state index contributed by atoms with van der Waals surface area (Å²) in [5, 5.41) is 12.2. The van der Waals surface area contributed by atoms with Crippen molar-refractivity contribution in [3.8, 4) is 5.69 Å². The Hall–Kier alpha value is -3.23. The van der Waals surface area contributed by atoms with E-state index in [2.05, 4.69) is 10.4 Å². The number of nitrogens with two attached hydrogens (primary N) is 1. The number of carbonyl (C=O) groups excluding carboxylic acids is 1. The van der Waals surface area contributed by atoms with Crippen LogP contribution in [0.2, 0.25) is 0 Å². The predicted octanol–water partition coefficient (Wildman–Crippen LogP) is 2.79. The summed E-state index contributed by atoms with van der Waals surface area (Å²) in [7, 11) is -3.86. The van der Waals surface area contributed by atoms with Crippen LogP contribution in [0.5, 0.6) is 0 Å². The van der Waals surface area contributed by atoms with Crippen LogP contribution in [-0.2, 0) is 14.8 Å². The van der Waals surface area contributed by atoms with Gasteiger partial charge in [-0.05, 0) is 55.3 Å². The molecule has 3 aromatic rings. The van der Waals surface area contributed by atoms with E-state index in [1.165, 1.54) is 18.2 Å². The number of hydrogen-bond acceptors (Lipinski definition) is 4. The molecule has 1 heterocycles. The molecule has 0 unspecified atom stereocenters. The third kappa shape index (κ3) is 4.54. The van der Waals surface area contributed by atoms with Crippen LogP contribution >= 0.6 is 0 Å². The number of anilines is 1. The van der Waals surface area contributed by atoms with Crippen LogP contribution in [0, 0.1) is 13.8 Å². The van der Waals surface area contributed by atoms with Crippen LogP contribution in [0.4, 0.5) is 5.69 Å². The summed E-state index contributed by atoms with van der Waals surface area (Å²) in [4.78, 5) is 12.2. The van der Waals surface area contributed by atoms with E-state index in [9.17, 15) is 13.2 Å².